The summed E-state index contributed by atoms with van der Waals surface area (Å²) in [6, 6.07) is 3.00. The maximum absolute atomic E-state index is 12.2. The van der Waals surface area contributed by atoms with Crippen molar-refractivity contribution in [3.8, 4) is 0 Å². The second-order valence-corrected chi connectivity index (χ2v) is 8.20. The molecule has 0 aromatic carbocycles. The number of pyridine rings is 1. The third kappa shape index (κ3) is 4.08. The average molecular weight is 321 g/mol. The Morgan fingerprint density at radius 1 is 1.47 bits per heavy atom. The summed E-state index contributed by atoms with van der Waals surface area (Å²) < 4.78 is 27.1. The highest BCUT2D eigenvalue weighted by atomic mass is 35.5. The van der Waals surface area contributed by atoms with Gasteiger partial charge in [-0.1, -0.05) is 18.5 Å². The minimum absolute atomic E-state index is 0.0322. The Labute approximate surface area is 123 Å². The van der Waals surface area contributed by atoms with Crippen LogP contribution in [0.1, 0.15) is 26.2 Å². The Hall–Kier alpha value is -0.300. The molecule has 1 fully saturated rings. The third-order valence-electron chi connectivity index (χ3n) is 3.12. The van der Waals surface area contributed by atoms with Crippen molar-refractivity contribution >= 4 is 33.4 Å². The average Bonchev–Trinajstić information content (AvgIpc) is 2.77. The zero-order valence-electron chi connectivity index (χ0n) is 10.7. The minimum atomic E-state index is -3.48. The van der Waals surface area contributed by atoms with Crippen LogP contribution >= 0.6 is 23.4 Å². The minimum Gasteiger partial charge on any atom is -0.243 e. The van der Waals surface area contributed by atoms with E-state index in [0.717, 1.165) is 25.0 Å². The molecule has 1 N–H and O–H groups in total. The molecule has 2 unspecified atom stereocenters. The number of hydrogen-bond donors (Lipinski definition) is 1. The van der Waals surface area contributed by atoms with Gasteiger partial charge in [0, 0.05) is 17.5 Å². The molecular weight excluding hydrogens is 304 g/mol. The van der Waals surface area contributed by atoms with E-state index in [1.165, 1.54) is 18.3 Å². The fourth-order valence-electron chi connectivity index (χ4n) is 2.24. The molecule has 1 heterocycles. The van der Waals surface area contributed by atoms with Gasteiger partial charge in [0.15, 0.2) is 0 Å². The van der Waals surface area contributed by atoms with E-state index in [0.29, 0.717) is 10.4 Å². The van der Waals surface area contributed by atoms with Crippen molar-refractivity contribution in [3.05, 3.63) is 23.5 Å². The monoisotopic (exact) mass is 320 g/mol. The second kappa shape index (κ2) is 6.43. The van der Waals surface area contributed by atoms with Gasteiger partial charge in [0.2, 0.25) is 10.0 Å². The molecule has 0 radical (unpaired) electrons. The first-order chi connectivity index (χ1) is 9.01. The highest BCUT2D eigenvalue weighted by molar-refractivity contribution is 7.99. The molecule has 0 spiro atoms. The van der Waals surface area contributed by atoms with Crippen molar-refractivity contribution in [2.75, 3.05) is 5.75 Å². The topological polar surface area (TPSA) is 59.1 Å². The van der Waals surface area contributed by atoms with E-state index in [1.807, 2.05) is 11.8 Å². The first-order valence-electron chi connectivity index (χ1n) is 6.26. The number of rotatable bonds is 5. The lowest BCUT2D eigenvalue weighted by molar-refractivity contribution is 0.552. The third-order valence-corrected chi connectivity index (χ3v) is 6.08. The van der Waals surface area contributed by atoms with Crippen molar-refractivity contribution < 1.29 is 8.42 Å². The van der Waals surface area contributed by atoms with Gasteiger partial charge in [0.1, 0.15) is 10.0 Å². The molecule has 1 aromatic heterocycles. The predicted octanol–water partition coefficient (Wildman–Crippen LogP) is 2.69. The number of nitrogens with one attached hydrogen (secondary N) is 1. The molecule has 0 bridgehead atoms. The van der Waals surface area contributed by atoms with Crippen LogP contribution in [0.15, 0.2) is 23.2 Å². The number of thioether (sulfide) groups is 1. The summed E-state index contributed by atoms with van der Waals surface area (Å²) in [6.07, 6.45) is 4.17. The SMILES string of the molecule is CCSC1CCC(NS(=O)(=O)c2ccc(Cl)nc2)C1. The molecule has 1 aliphatic carbocycles. The highest BCUT2D eigenvalue weighted by Gasteiger charge is 2.28. The van der Waals surface area contributed by atoms with E-state index >= 15 is 0 Å². The van der Waals surface area contributed by atoms with Crippen LogP contribution in [-0.2, 0) is 10.0 Å². The van der Waals surface area contributed by atoms with Gasteiger partial charge in [-0.05, 0) is 37.1 Å². The quantitative estimate of drug-likeness (QED) is 0.847. The van der Waals surface area contributed by atoms with Crippen LogP contribution in [0.25, 0.3) is 0 Å². The molecule has 0 saturated heterocycles. The van der Waals surface area contributed by atoms with Crippen molar-refractivity contribution in [3.63, 3.8) is 0 Å². The number of nitrogens with zero attached hydrogens (tertiary/aromatic N) is 1. The summed E-state index contributed by atoms with van der Waals surface area (Å²) >= 11 is 7.56. The molecule has 7 heteroatoms. The smallest absolute Gasteiger partial charge is 0.242 e. The normalized spacial score (nSPS) is 23.7. The molecular formula is C12H17ClN2O2S2. The maximum Gasteiger partial charge on any atom is 0.242 e. The zero-order valence-corrected chi connectivity index (χ0v) is 13.1. The standard InChI is InChI=1S/C12H17ClN2O2S2/c1-2-18-10-4-3-9(7-10)15-19(16,17)11-5-6-12(13)14-8-11/h5-6,8-10,15H,2-4,7H2,1H3. The predicted molar refractivity (Wildman–Crippen MR) is 79.1 cm³/mol. The Bertz CT molecular complexity index is 519. The fraction of sp³-hybridized carbons (Fsp3) is 0.583. The van der Waals surface area contributed by atoms with E-state index < -0.39 is 10.0 Å². The van der Waals surface area contributed by atoms with Crippen molar-refractivity contribution in [1.29, 1.82) is 0 Å². The Morgan fingerprint density at radius 3 is 2.89 bits per heavy atom. The molecule has 19 heavy (non-hydrogen) atoms. The zero-order chi connectivity index (χ0) is 13.9. The van der Waals surface area contributed by atoms with E-state index in [9.17, 15) is 8.42 Å². The molecule has 1 aromatic rings. The van der Waals surface area contributed by atoms with Gasteiger partial charge >= 0.3 is 0 Å². The lowest BCUT2D eigenvalue weighted by Crippen LogP contribution is -2.33. The van der Waals surface area contributed by atoms with Crippen molar-refractivity contribution in [2.45, 2.75) is 42.4 Å². The molecule has 1 saturated carbocycles. The maximum atomic E-state index is 12.2. The number of aromatic nitrogens is 1. The summed E-state index contributed by atoms with van der Waals surface area (Å²) in [6.45, 7) is 2.13. The van der Waals surface area contributed by atoms with Gasteiger partial charge in [-0.3, -0.25) is 0 Å². The Kier molecular flexibility index (Phi) is 5.11. The number of hydrogen-bond acceptors (Lipinski definition) is 4. The second-order valence-electron chi connectivity index (χ2n) is 4.53. The van der Waals surface area contributed by atoms with E-state index in [-0.39, 0.29) is 10.9 Å². The summed E-state index contributed by atoms with van der Waals surface area (Å²) in [5.74, 6) is 1.07. The molecule has 106 valence electrons. The fourth-order valence-corrected chi connectivity index (χ4v) is 4.72. The van der Waals surface area contributed by atoms with Crippen LogP contribution in [-0.4, -0.2) is 30.4 Å². The molecule has 2 atom stereocenters. The van der Waals surface area contributed by atoms with Crippen LogP contribution in [0.5, 0.6) is 0 Å². The van der Waals surface area contributed by atoms with Crippen LogP contribution < -0.4 is 4.72 Å². The van der Waals surface area contributed by atoms with Crippen LogP contribution in [0, 0.1) is 0 Å². The molecule has 4 nitrogen and oxygen atoms in total. The number of halogens is 1. The van der Waals surface area contributed by atoms with E-state index in [4.69, 9.17) is 11.6 Å². The van der Waals surface area contributed by atoms with E-state index in [2.05, 4.69) is 16.6 Å². The molecule has 2 rings (SSSR count). The van der Waals surface area contributed by atoms with Crippen LogP contribution in [0.4, 0.5) is 0 Å². The van der Waals surface area contributed by atoms with Crippen LogP contribution in [0.3, 0.4) is 0 Å². The molecule has 0 amide bonds. The summed E-state index contributed by atoms with van der Waals surface area (Å²) in [4.78, 5) is 3.98. The summed E-state index contributed by atoms with van der Waals surface area (Å²) in [7, 11) is -3.48. The van der Waals surface area contributed by atoms with E-state index in [1.54, 1.807) is 0 Å². The Morgan fingerprint density at radius 2 is 2.26 bits per heavy atom. The lowest BCUT2D eigenvalue weighted by atomic mass is 10.3. The molecule has 1 aliphatic rings. The lowest BCUT2D eigenvalue weighted by Gasteiger charge is -2.13. The largest absolute Gasteiger partial charge is 0.243 e. The highest BCUT2D eigenvalue weighted by Crippen LogP contribution is 2.30. The van der Waals surface area contributed by atoms with Gasteiger partial charge in [-0.2, -0.15) is 11.8 Å². The van der Waals surface area contributed by atoms with Gasteiger partial charge in [-0.15, -0.1) is 0 Å². The first-order valence-corrected chi connectivity index (χ1v) is 9.17. The van der Waals surface area contributed by atoms with Gasteiger partial charge in [0.25, 0.3) is 0 Å². The Balaban J connectivity index is 2.00. The van der Waals surface area contributed by atoms with Gasteiger partial charge < -0.3 is 0 Å². The van der Waals surface area contributed by atoms with Crippen LogP contribution in [0.2, 0.25) is 5.15 Å². The number of sulfonamides is 1. The summed E-state index contributed by atoms with van der Waals surface area (Å²) in [5.41, 5.74) is 0. The first kappa shape index (κ1) is 15.1. The van der Waals surface area contributed by atoms with Crippen molar-refractivity contribution in [2.24, 2.45) is 0 Å². The van der Waals surface area contributed by atoms with Gasteiger partial charge in [-0.25, -0.2) is 18.1 Å². The van der Waals surface area contributed by atoms with Gasteiger partial charge in [0.05, 0.1) is 0 Å². The molecule has 0 aliphatic heterocycles. The van der Waals surface area contributed by atoms with Crippen molar-refractivity contribution in [1.82, 2.24) is 9.71 Å². The summed E-state index contributed by atoms with van der Waals surface area (Å²) in [5, 5.41) is 0.861.